The molecule has 0 saturated carbocycles. The van der Waals surface area contributed by atoms with Gasteiger partial charge in [-0.1, -0.05) is 60.7 Å². The van der Waals surface area contributed by atoms with Crippen molar-refractivity contribution in [2.45, 2.75) is 9.88 Å². The average Bonchev–Trinajstić information content (AvgIpc) is 2.32. The van der Waals surface area contributed by atoms with Gasteiger partial charge in [-0.05, 0) is 11.1 Å². The second kappa shape index (κ2) is 7.52. The topological polar surface area (TPSA) is 0 Å². The summed E-state index contributed by atoms with van der Waals surface area (Å²) in [5.41, 5.74) is 2.55. The van der Waals surface area contributed by atoms with Crippen LogP contribution < -0.4 is 0 Å². The van der Waals surface area contributed by atoms with Crippen LogP contribution in [-0.4, -0.2) is 21.1 Å². The van der Waals surface area contributed by atoms with Gasteiger partial charge in [0.05, 0.1) is 0 Å². The molecule has 76 valence electrons. The molecule has 0 aliphatic heterocycles. The van der Waals surface area contributed by atoms with E-state index in [1.54, 1.807) is 0 Å². The summed E-state index contributed by atoms with van der Waals surface area (Å²) in [6.45, 7) is 0. The van der Waals surface area contributed by atoms with Crippen LogP contribution in [0.15, 0.2) is 60.7 Å². The van der Waals surface area contributed by atoms with Crippen LogP contribution in [0.1, 0.15) is 0 Å². The first kappa shape index (κ1) is 12.3. The van der Waals surface area contributed by atoms with Gasteiger partial charge in [-0.3, -0.25) is 0 Å². The maximum absolute atomic E-state index is 2.30. The van der Waals surface area contributed by atoms with E-state index in [0.29, 0.717) is 0 Å². The maximum Gasteiger partial charge on any atom is -0.0184 e. The predicted molar refractivity (Wildman–Crippen MR) is 69.4 cm³/mol. The fourth-order valence-electron chi connectivity index (χ4n) is 1.26. The van der Waals surface area contributed by atoms with Crippen LogP contribution in [0, 0.1) is 0 Å². The molecule has 0 saturated heterocycles. The van der Waals surface area contributed by atoms with Gasteiger partial charge in [-0.2, -0.15) is 0 Å². The molecular weight excluding hydrogens is 287 g/mol. The molecule has 2 aromatic rings. The number of hydrogen-bond acceptors (Lipinski definition) is 0. The van der Waals surface area contributed by atoms with Crippen molar-refractivity contribution < 1.29 is 0 Å². The maximum atomic E-state index is 2.30. The van der Waals surface area contributed by atoms with E-state index in [2.05, 4.69) is 58.4 Å². The van der Waals surface area contributed by atoms with E-state index in [1.165, 1.54) is 11.1 Å². The summed E-state index contributed by atoms with van der Waals surface area (Å²) in [6.07, 6.45) is 0. The zero-order chi connectivity index (χ0) is 10.9. The van der Waals surface area contributed by atoms with Crippen molar-refractivity contribution in [2.24, 2.45) is 0 Å². The van der Waals surface area contributed by atoms with Crippen LogP contribution >= 0.6 is 0 Å². The molecule has 0 bridgehead atoms. The van der Waals surface area contributed by atoms with E-state index in [9.17, 15) is 0 Å². The summed E-state index contributed by atoms with van der Waals surface area (Å²) in [7, 11) is 0. The van der Waals surface area contributed by atoms with Crippen molar-refractivity contribution in [3.8, 4) is 11.1 Å². The summed E-state index contributed by atoms with van der Waals surface area (Å²) in [5.74, 6) is 0. The molecule has 2 aromatic carbocycles. The zero-order valence-electron chi connectivity index (χ0n) is 9.27. The molecule has 0 fully saturated rings. The van der Waals surface area contributed by atoms with Gasteiger partial charge in [0.1, 0.15) is 0 Å². The first-order valence-corrected chi connectivity index (χ1v) is 10.8. The SMILES string of the molecule is [CH3][Sn][CH3].c1ccc(-c2ccccc2)cc1. The third kappa shape index (κ3) is 4.52. The molecule has 0 aliphatic carbocycles. The second-order valence-corrected chi connectivity index (χ2v) is 6.09. The summed E-state index contributed by atoms with van der Waals surface area (Å²) in [6, 6.07) is 20.8. The Kier molecular flexibility index (Phi) is 6.17. The van der Waals surface area contributed by atoms with Gasteiger partial charge < -0.3 is 0 Å². The minimum Gasteiger partial charge on any atom is -0.0622 e. The monoisotopic (exact) mass is 304 g/mol. The Hall–Kier alpha value is -0.761. The minimum absolute atomic E-state index is 0.230. The molecule has 0 unspecified atom stereocenters. The Morgan fingerprint density at radius 3 is 1.13 bits per heavy atom. The van der Waals surface area contributed by atoms with Gasteiger partial charge in [0, 0.05) is 0 Å². The molecule has 0 spiro atoms. The van der Waals surface area contributed by atoms with Crippen LogP contribution in [-0.2, 0) is 0 Å². The van der Waals surface area contributed by atoms with Gasteiger partial charge >= 0.3 is 31.0 Å². The van der Waals surface area contributed by atoms with Crippen LogP contribution in [0.5, 0.6) is 0 Å². The Balaban J connectivity index is 0.000000337. The third-order valence-electron chi connectivity index (χ3n) is 1.88. The quantitative estimate of drug-likeness (QED) is 0.695. The Morgan fingerprint density at radius 2 is 0.867 bits per heavy atom. The number of benzene rings is 2. The molecule has 0 aliphatic rings. The van der Waals surface area contributed by atoms with Crippen LogP contribution in [0.3, 0.4) is 0 Å². The first-order valence-electron chi connectivity index (χ1n) is 5.07. The van der Waals surface area contributed by atoms with Crippen molar-refractivity contribution in [1.29, 1.82) is 0 Å². The molecule has 0 amide bonds. The fourth-order valence-corrected chi connectivity index (χ4v) is 1.26. The van der Waals surface area contributed by atoms with Crippen molar-refractivity contribution in [3.05, 3.63) is 60.7 Å². The molecule has 15 heavy (non-hydrogen) atoms. The number of hydrogen-bond donors (Lipinski definition) is 0. The van der Waals surface area contributed by atoms with E-state index in [0.717, 1.165) is 0 Å². The molecule has 0 aromatic heterocycles. The van der Waals surface area contributed by atoms with Crippen LogP contribution in [0.25, 0.3) is 11.1 Å². The van der Waals surface area contributed by atoms with Gasteiger partial charge in [-0.15, -0.1) is 0 Å². The zero-order valence-corrected chi connectivity index (χ0v) is 12.1. The fraction of sp³-hybridized carbons (Fsp3) is 0.143. The Bertz CT molecular complexity index is 316. The van der Waals surface area contributed by atoms with Crippen molar-refractivity contribution in [2.75, 3.05) is 0 Å². The molecule has 1 heteroatoms. The summed E-state index contributed by atoms with van der Waals surface area (Å²) < 4.78 is 0. The van der Waals surface area contributed by atoms with Crippen molar-refractivity contribution in [1.82, 2.24) is 0 Å². The summed E-state index contributed by atoms with van der Waals surface area (Å²) in [5, 5.41) is 0. The van der Waals surface area contributed by atoms with Crippen molar-refractivity contribution in [3.63, 3.8) is 0 Å². The average molecular weight is 303 g/mol. The Labute approximate surface area is 103 Å². The van der Waals surface area contributed by atoms with Gasteiger partial charge in [0.2, 0.25) is 0 Å². The largest absolute Gasteiger partial charge is 0.0622 e. The molecule has 2 rings (SSSR count). The van der Waals surface area contributed by atoms with Crippen LogP contribution in [0.4, 0.5) is 0 Å². The van der Waals surface area contributed by atoms with E-state index < -0.39 is 0 Å². The van der Waals surface area contributed by atoms with Gasteiger partial charge in [0.15, 0.2) is 0 Å². The normalized spacial score (nSPS) is 8.93. The smallest absolute Gasteiger partial charge is 0.0184 e. The predicted octanol–water partition coefficient (Wildman–Crippen LogP) is 4.14. The summed E-state index contributed by atoms with van der Waals surface area (Å²) >= 11 is 0.230. The van der Waals surface area contributed by atoms with Crippen LogP contribution in [0.2, 0.25) is 9.88 Å². The molecule has 0 atom stereocenters. The molecule has 0 N–H and O–H groups in total. The standard InChI is InChI=1S/C12H10.2CH3.Sn/c1-3-7-11(8-4-1)12-9-5-2-6-10-12;;;/h1-10H;2*1H3;. The first-order chi connectivity index (χ1) is 7.38. The minimum atomic E-state index is 0.230. The van der Waals surface area contributed by atoms with E-state index >= 15 is 0 Å². The third-order valence-corrected chi connectivity index (χ3v) is 1.88. The molecular formula is C14H16Sn. The molecule has 2 radical (unpaired) electrons. The number of rotatable bonds is 1. The van der Waals surface area contributed by atoms with Crippen molar-refractivity contribution >= 4 is 21.1 Å². The van der Waals surface area contributed by atoms with E-state index in [4.69, 9.17) is 0 Å². The summed E-state index contributed by atoms with van der Waals surface area (Å²) in [4.78, 5) is 4.59. The molecule has 0 nitrogen and oxygen atoms in total. The van der Waals surface area contributed by atoms with Gasteiger partial charge in [-0.25, -0.2) is 0 Å². The molecule has 0 heterocycles. The van der Waals surface area contributed by atoms with Gasteiger partial charge in [0.25, 0.3) is 0 Å². The second-order valence-electron chi connectivity index (χ2n) is 3.23. The van der Waals surface area contributed by atoms with E-state index in [1.807, 2.05) is 12.1 Å². The Morgan fingerprint density at radius 1 is 0.600 bits per heavy atom. The van der Waals surface area contributed by atoms with E-state index in [-0.39, 0.29) is 21.1 Å².